The van der Waals surface area contributed by atoms with E-state index >= 15 is 0 Å². The van der Waals surface area contributed by atoms with Crippen LogP contribution in [0.15, 0.2) is 40.6 Å². The first-order valence-electron chi connectivity index (χ1n) is 9.40. The molecule has 3 aromatic rings. The van der Waals surface area contributed by atoms with Gasteiger partial charge in [-0.2, -0.15) is 0 Å². The molecule has 156 valence electrons. The number of thiazole rings is 1. The lowest BCUT2D eigenvalue weighted by Gasteiger charge is -2.17. The van der Waals surface area contributed by atoms with Crippen LogP contribution in [0.1, 0.15) is 16.8 Å². The van der Waals surface area contributed by atoms with E-state index in [0.717, 1.165) is 23.3 Å². The second-order valence-electron chi connectivity index (χ2n) is 7.43. The Morgan fingerprint density at radius 1 is 1.20 bits per heavy atom. The number of fused-ring (bicyclic) bond motifs is 1. The average molecular weight is 447 g/mol. The van der Waals surface area contributed by atoms with Crippen molar-refractivity contribution in [3.05, 3.63) is 64.9 Å². The molecule has 2 aromatic carbocycles. The van der Waals surface area contributed by atoms with E-state index in [4.69, 9.17) is 0 Å². The minimum Gasteiger partial charge on any atom is -0.611 e. The standard InChI is InChI=1S/C22H20F2N2O2S2/c1-12-21(30(3)28)29-22(25-12)26(2)20(27)16-8-13-4-5-14(9-15(13)10-16)18-11-17(23)6-7-19(18)24/h4-7,9,11,16H,8,10H2,1-3H3. The van der Waals surface area contributed by atoms with Crippen LogP contribution in [0.4, 0.5) is 13.9 Å². The van der Waals surface area contributed by atoms with E-state index in [1.54, 1.807) is 26.3 Å². The van der Waals surface area contributed by atoms with E-state index in [2.05, 4.69) is 4.98 Å². The fraction of sp³-hybridized carbons (Fsp3) is 0.273. The van der Waals surface area contributed by atoms with Crippen molar-refractivity contribution in [1.82, 2.24) is 4.98 Å². The topological polar surface area (TPSA) is 56.3 Å². The fourth-order valence-corrected chi connectivity index (χ4v) is 5.75. The van der Waals surface area contributed by atoms with Gasteiger partial charge in [-0.05, 0) is 77.2 Å². The quantitative estimate of drug-likeness (QED) is 0.554. The summed E-state index contributed by atoms with van der Waals surface area (Å²) in [5.41, 5.74) is 3.48. The number of hydrogen-bond acceptors (Lipinski definition) is 4. The van der Waals surface area contributed by atoms with Gasteiger partial charge in [-0.1, -0.05) is 18.2 Å². The lowest BCUT2D eigenvalue weighted by atomic mass is 10.00. The van der Waals surface area contributed by atoms with Crippen LogP contribution in [0.5, 0.6) is 0 Å². The highest BCUT2D eigenvalue weighted by Gasteiger charge is 2.32. The molecule has 1 aromatic heterocycles. The second-order valence-corrected chi connectivity index (χ2v) is 9.99. The molecule has 4 nitrogen and oxygen atoms in total. The Balaban J connectivity index is 1.55. The molecule has 0 fully saturated rings. The maximum Gasteiger partial charge on any atom is 0.232 e. The molecule has 2 unspecified atom stereocenters. The minimum absolute atomic E-state index is 0.0631. The molecule has 1 aliphatic carbocycles. The van der Waals surface area contributed by atoms with Gasteiger partial charge in [-0.15, -0.1) is 0 Å². The number of halogens is 2. The van der Waals surface area contributed by atoms with Crippen molar-refractivity contribution in [2.45, 2.75) is 24.0 Å². The molecule has 0 spiro atoms. The van der Waals surface area contributed by atoms with Gasteiger partial charge in [0, 0.05) is 18.5 Å². The number of anilines is 1. The van der Waals surface area contributed by atoms with Crippen LogP contribution in [0.3, 0.4) is 0 Å². The van der Waals surface area contributed by atoms with Crippen LogP contribution in [0.2, 0.25) is 0 Å². The van der Waals surface area contributed by atoms with Gasteiger partial charge in [0.05, 0.1) is 0 Å². The first-order chi connectivity index (χ1) is 14.2. The Morgan fingerprint density at radius 3 is 2.63 bits per heavy atom. The maximum atomic E-state index is 14.1. The van der Waals surface area contributed by atoms with Crippen LogP contribution in [0, 0.1) is 24.5 Å². The van der Waals surface area contributed by atoms with Crippen molar-refractivity contribution in [2.24, 2.45) is 5.92 Å². The number of nitrogens with zero attached hydrogens (tertiary/aromatic N) is 2. The first-order valence-corrected chi connectivity index (χ1v) is 11.8. The highest BCUT2D eigenvalue weighted by atomic mass is 32.2. The Kier molecular flexibility index (Phi) is 5.65. The second kappa shape index (κ2) is 8.09. The van der Waals surface area contributed by atoms with Crippen molar-refractivity contribution >= 4 is 33.6 Å². The number of hydrogen-bond donors (Lipinski definition) is 0. The third-order valence-electron chi connectivity index (χ3n) is 5.35. The zero-order valence-electron chi connectivity index (χ0n) is 16.7. The molecule has 0 aliphatic heterocycles. The number of rotatable bonds is 4. The van der Waals surface area contributed by atoms with Crippen LogP contribution < -0.4 is 4.90 Å². The Labute approximate surface area is 180 Å². The third-order valence-corrected chi connectivity index (χ3v) is 8.15. The molecule has 0 radical (unpaired) electrons. The summed E-state index contributed by atoms with van der Waals surface area (Å²) in [6.45, 7) is 1.79. The summed E-state index contributed by atoms with van der Waals surface area (Å²) in [6.07, 6.45) is 2.71. The molecule has 0 saturated heterocycles. The van der Waals surface area contributed by atoms with Crippen LogP contribution >= 0.6 is 11.3 Å². The third kappa shape index (κ3) is 3.87. The molecule has 30 heavy (non-hydrogen) atoms. The van der Waals surface area contributed by atoms with Gasteiger partial charge < -0.3 is 4.55 Å². The number of benzene rings is 2. The number of carbonyl (C=O) groups is 1. The van der Waals surface area contributed by atoms with Crippen LogP contribution in [-0.4, -0.2) is 28.7 Å². The summed E-state index contributed by atoms with van der Waals surface area (Å²) in [4.78, 5) is 19.0. The van der Waals surface area contributed by atoms with Gasteiger partial charge in [0.1, 0.15) is 23.6 Å². The smallest absolute Gasteiger partial charge is 0.232 e. The SMILES string of the molecule is Cc1nc(N(C)C(=O)C2Cc3ccc(-c4cc(F)ccc4F)cc3C2)sc1[S+](C)[O-]. The maximum absolute atomic E-state index is 14.1. The fourth-order valence-electron chi connectivity index (χ4n) is 3.83. The van der Waals surface area contributed by atoms with Gasteiger partial charge in [0.15, 0.2) is 5.13 Å². The van der Waals surface area contributed by atoms with Crippen molar-refractivity contribution in [3.63, 3.8) is 0 Å². The van der Waals surface area contributed by atoms with Crippen molar-refractivity contribution in [2.75, 3.05) is 18.2 Å². The molecule has 0 bridgehead atoms. The normalized spacial score (nSPS) is 16.4. The largest absolute Gasteiger partial charge is 0.611 e. The summed E-state index contributed by atoms with van der Waals surface area (Å²) in [5.74, 6) is -1.29. The van der Waals surface area contributed by atoms with Gasteiger partial charge in [-0.3, -0.25) is 9.69 Å². The van der Waals surface area contributed by atoms with E-state index in [1.807, 2.05) is 12.1 Å². The van der Waals surface area contributed by atoms with Gasteiger partial charge in [0.2, 0.25) is 10.1 Å². The van der Waals surface area contributed by atoms with Crippen LogP contribution in [-0.2, 0) is 28.8 Å². The van der Waals surface area contributed by atoms with Crippen molar-refractivity contribution in [3.8, 4) is 11.1 Å². The monoisotopic (exact) mass is 446 g/mol. The minimum atomic E-state index is -1.15. The van der Waals surface area contributed by atoms with Gasteiger partial charge >= 0.3 is 0 Å². The highest BCUT2D eigenvalue weighted by Crippen LogP contribution is 2.35. The predicted octanol–water partition coefficient (Wildman–Crippen LogP) is 4.51. The molecule has 2 atom stereocenters. The van der Waals surface area contributed by atoms with Crippen LogP contribution in [0.25, 0.3) is 11.1 Å². The molecule has 8 heteroatoms. The van der Waals surface area contributed by atoms with E-state index in [-0.39, 0.29) is 17.4 Å². The van der Waals surface area contributed by atoms with Gasteiger partial charge in [0.25, 0.3) is 0 Å². The Hall–Kier alpha value is -2.29. The zero-order valence-corrected chi connectivity index (χ0v) is 18.4. The first kappa shape index (κ1) is 21.0. The van der Waals surface area contributed by atoms with E-state index in [9.17, 15) is 18.1 Å². The molecule has 0 saturated carbocycles. The zero-order chi connectivity index (χ0) is 21.6. The van der Waals surface area contributed by atoms with Crippen molar-refractivity contribution < 1.29 is 18.1 Å². The lowest BCUT2D eigenvalue weighted by Crippen LogP contribution is -2.33. The number of amides is 1. The average Bonchev–Trinajstić information content (AvgIpc) is 3.31. The summed E-state index contributed by atoms with van der Waals surface area (Å²) in [7, 11) is 1.68. The highest BCUT2D eigenvalue weighted by molar-refractivity contribution is 7.92. The summed E-state index contributed by atoms with van der Waals surface area (Å²) >= 11 is 0.118. The number of carbonyl (C=O) groups excluding carboxylic acids is 1. The summed E-state index contributed by atoms with van der Waals surface area (Å²) < 4.78 is 40.2. The molecule has 4 rings (SSSR count). The number of aromatic nitrogens is 1. The Bertz CT molecular complexity index is 1130. The predicted molar refractivity (Wildman–Crippen MR) is 115 cm³/mol. The van der Waals surface area contributed by atoms with Crippen molar-refractivity contribution in [1.29, 1.82) is 0 Å². The number of aryl methyl sites for hydroxylation is 1. The molecule has 1 amide bonds. The molecule has 1 aliphatic rings. The summed E-state index contributed by atoms with van der Waals surface area (Å²) in [6, 6.07) is 8.88. The van der Waals surface area contributed by atoms with E-state index in [1.165, 1.54) is 22.3 Å². The van der Waals surface area contributed by atoms with E-state index in [0.29, 0.717) is 33.4 Å². The molecule has 0 N–H and O–H groups in total. The summed E-state index contributed by atoms with van der Waals surface area (Å²) in [5, 5.41) is 0.529. The van der Waals surface area contributed by atoms with Gasteiger partial charge in [-0.25, -0.2) is 13.8 Å². The Morgan fingerprint density at radius 2 is 1.93 bits per heavy atom. The lowest BCUT2D eigenvalue weighted by molar-refractivity contribution is -0.121. The molecule has 1 heterocycles. The molecular formula is C22H20F2N2O2S2. The molecular weight excluding hydrogens is 426 g/mol. The van der Waals surface area contributed by atoms with E-state index < -0.39 is 22.8 Å².